The summed E-state index contributed by atoms with van der Waals surface area (Å²) < 4.78 is 6.07. The molecule has 0 unspecified atom stereocenters. The molecule has 21 heavy (non-hydrogen) atoms. The normalized spacial score (nSPS) is 10.0. The maximum atomic E-state index is 8.00. The van der Waals surface area contributed by atoms with Crippen molar-refractivity contribution in [3.8, 4) is 11.3 Å². The van der Waals surface area contributed by atoms with Crippen molar-refractivity contribution < 1.29 is 9.21 Å². The summed E-state index contributed by atoms with van der Waals surface area (Å²) >= 11 is 0. The number of carbonyl (C=O) groups is 1. The third-order valence-corrected chi connectivity index (χ3v) is 3.41. The van der Waals surface area contributed by atoms with Crippen molar-refractivity contribution in [1.29, 1.82) is 0 Å². The Labute approximate surface area is 124 Å². The van der Waals surface area contributed by atoms with Crippen molar-refractivity contribution in [3.63, 3.8) is 0 Å². The van der Waals surface area contributed by atoms with Crippen LogP contribution in [0.4, 0.5) is 0 Å². The van der Waals surface area contributed by atoms with E-state index in [-0.39, 0.29) is 0 Å². The fraction of sp³-hybridized carbons (Fsp3) is 0.105. The largest absolute Gasteiger partial charge is 0.455 e. The molecule has 1 aromatic heterocycles. The zero-order valence-electron chi connectivity index (χ0n) is 12.3. The highest BCUT2D eigenvalue weighted by Gasteiger charge is 2.16. The SMILES string of the molecule is C=C(C)c1c(-c2ccccc2C)oc2ccccc12.C=O. The number of hydrogen-bond donors (Lipinski definition) is 0. The van der Waals surface area contributed by atoms with Crippen LogP contribution in [-0.2, 0) is 4.79 Å². The lowest BCUT2D eigenvalue weighted by Gasteiger charge is -2.05. The minimum Gasteiger partial charge on any atom is -0.455 e. The molecule has 1 heterocycles. The van der Waals surface area contributed by atoms with Crippen molar-refractivity contribution in [2.24, 2.45) is 0 Å². The second-order valence-corrected chi connectivity index (χ2v) is 4.90. The Hall–Kier alpha value is -2.61. The van der Waals surface area contributed by atoms with Crippen molar-refractivity contribution in [3.05, 3.63) is 66.2 Å². The molecular formula is C19H18O2. The molecule has 2 heteroatoms. The Morgan fingerprint density at radius 3 is 2.29 bits per heavy atom. The third kappa shape index (κ3) is 2.65. The molecule has 0 bridgehead atoms. The Balaban J connectivity index is 0.000000774. The number of benzene rings is 2. The molecule has 0 aliphatic carbocycles. The van der Waals surface area contributed by atoms with Gasteiger partial charge in [0, 0.05) is 16.5 Å². The summed E-state index contributed by atoms with van der Waals surface area (Å²) in [5.41, 5.74) is 5.41. The van der Waals surface area contributed by atoms with Crippen LogP contribution in [0.1, 0.15) is 18.1 Å². The number of hydrogen-bond acceptors (Lipinski definition) is 2. The summed E-state index contributed by atoms with van der Waals surface area (Å²) in [6, 6.07) is 16.4. The monoisotopic (exact) mass is 278 g/mol. The van der Waals surface area contributed by atoms with E-state index in [4.69, 9.17) is 9.21 Å². The van der Waals surface area contributed by atoms with E-state index in [1.54, 1.807) is 0 Å². The summed E-state index contributed by atoms with van der Waals surface area (Å²) in [4.78, 5) is 8.00. The third-order valence-electron chi connectivity index (χ3n) is 3.41. The first-order valence-electron chi connectivity index (χ1n) is 6.71. The van der Waals surface area contributed by atoms with Crippen molar-refractivity contribution in [2.75, 3.05) is 0 Å². The number of allylic oxidation sites excluding steroid dienone is 1. The minimum atomic E-state index is 0.916. The maximum absolute atomic E-state index is 8.00. The second kappa shape index (κ2) is 6.23. The lowest BCUT2D eigenvalue weighted by Crippen LogP contribution is -1.85. The lowest BCUT2D eigenvalue weighted by molar-refractivity contribution is -0.0979. The molecule has 0 radical (unpaired) electrons. The zero-order valence-corrected chi connectivity index (χ0v) is 12.3. The van der Waals surface area contributed by atoms with Gasteiger partial charge in [-0.1, -0.05) is 49.0 Å². The quantitative estimate of drug-likeness (QED) is 0.640. The molecule has 0 saturated heterocycles. The van der Waals surface area contributed by atoms with Gasteiger partial charge in [-0.25, -0.2) is 0 Å². The molecule has 0 atom stereocenters. The highest BCUT2D eigenvalue weighted by Crippen LogP contribution is 2.38. The predicted octanol–water partition coefficient (Wildman–Crippen LogP) is 5.26. The molecule has 0 saturated carbocycles. The van der Waals surface area contributed by atoms with Crippen LogP contribution >= 0.6 is 0 Å². The Morgan fingerprint density at radius 1 is 1.00 bits per heavy atom. The molecule has 106 valence electrons. The molecule has 3 aromatic rings. The lowest BCUT2D eigenvalue weighted by atomic mass is 9.98. The molecule has 0 aliphatic rings. The van der Waals surface area contributed by atoms with Crippen molar-refractivity contribution >= 4 is 23.3 Å². The number of carbonyl (C=O) groups excluding carboxylic acids is 1. The van der Waals surface area contributed by atoms with Crippen LogP contribution in [0, 0.1) is 6.92 Å². The van der Waals surface area contributed by atoms with E-state index < -0.39 is 0 Å². The van der Waals surface area contributed by atoms with Gasteiger partial charge in [0.05, 0.1) is 0 Å². The van der Waals surface area contributed by atoms with Gasteiger partial charge in [-0.3, -0.25) is 0 Å². The van der Waals surface area contributed by atoms with E-state index in [2.05, 4.69) is 31.7 Å². The highest BCUT2D eigenvalue weighted by molar-refractivity contribution is 5.97. The van der Waals surface area contributed by atoms with E-state index in [9.17, 15) is 0 Å². The Bertz CT molecular complexity index is 781. The van der Waals surface area contributed by atoms with Crippen molar-refractivity contribution in [1.82, 2.24) is 0 Å². The van der Waals surface area contributed by atoms with E-state index >= 15 is 0 Å². The van der Waals surface area contributed by atoms with Gasteiger partial charge in [0.25, 0.3) is 0 Å². The van der Waals surface area contributed by atoms with Gasteiger partial charge >= 0.3 is 0 Å². The summed E-state index contributed by atoms with van der Waals surface area (Å²) in [5, 5.41) is 1.13. The number of furan rings is 1. The second-order valence-electron chi connectivity index (χ2n) is 4.90. The summed E-state index contributed by atoms with van der Waals surface area (Å²) in [7, 11) is 0. The van der Waals surface area contributed by atoms with E-state index in [0.29, 0.717) is 0 Å². The molecule has 0 spiro atoms. The zero-order chi connectivity index (χ0) is 15.4. The smallest absolute Gasteiger partial charge is 0.143 e. The van der Waals surface area contributed by atoms with E-state index in [1.807, 2.05) is 44.0 Å². The minimum absolute atomic E-state index is 0.916. The molecule has 0 fully saturated rings. The standard InChI is InChI=1S/C18H16O.CH2O/c1-12(2)17-15-10-6-7-11-16(15)19-18(17)14-9-5-4-8-13(14)3;1-2/h4-11H,1H2,2-3H3;1H2. The topological polar surface area (TPSA) is 30.2 Å². The van der Waals surface area contributed by atoms with E-state index in [0.717, 1.165) is 33.4 Å². The summed E-state index contributed by atoms with van der Waals surface area (Å²) in [6.45, 7) is 10.2. The van der Waals surface area contributed by atoms with E-state index in [1.165, 1.54) is 5.56 Å². The van der Waals surface area contributed by atoms with Gasteiger partial charge in [0.1, 0.15) is 18.1 Å². The van der Waals surface area contributed by atoms with Crippen LogP contribution in [0.15, 0.2) is 59.5 Å². The Morgan fingerprint density at radius 2 is 1.62 bits per heavy atom. The summed E-state index contributed by atoms with van der Waals surface area (Å²) in [6.07, 6.45) is 0. The van der Waals surface area contributed by atoms with Gasteiger partial charge in [-0.15, -0.1) is 0 Å². The molecule has 0 amide bonds. The fourth-order valence-corrected chi connectivity index (χ4v) is 2.49. The molecule has 0 aliphatic heterocycles. The average molecular weight is 278 g/mol. The van der Waals surface area contributed by atoms with Gasteiger partial charge < -0.3 is 9.21 Å². The number of para-hydroxylation sites is 1. The van der Waals surface area contributed by atoms with Gasteiger partial charge in [-0.05, 0) is 31.1 Å². The van der Waals surface area contributed by atoms with Gasteiger partial charge in [0.2, 0.25) is 0 Å². The number of aryl methyl sites for hydroxylation is 1. The highest BCUT2D eigenvalue weighted by atomic mass is 16.3. The predicted molar refractivity (Wildman–Crippen MR) is 88.2 cm³/mol. The van der Waals surface area contributed by atoms with Crippen LogP contribution in [0.3, 0.4) is 0 Å². The first-order chi connectivity index (χ1) is 10.2. The number of rotatable bonds is 2. The van der Waals surface area contributed by atoms with Gasteiger partial charge in [-0.2, -0.15) is 0 Å². The van der Waals surface area contributed by atoms with Crippen LogP contribution in [-0.4, -0.2) is 6.79 Å². The average Bonchev–Trinajstić information content (AvgIpc) is 2.89. The first-order valence-corrected chi connectivity index (χ1v) is 6.71. The molecule has 0 N–H and O–H groups in total. The van der Waals surface area contributed by atoms with Crippen molar-refractivity contribution in [2.45, 2.75) is 13.8 Å². The fourth-order valence-electron chi connectivity index (χ4n) is 2.49. The molecule has 2 aromatic carbocycles. The maximum Gasteiger partial charge on any atom is 0.143 e. The summed E-state index contributed by atoms with van der Waals surface area (Å²) in [5.74, 6) is 0.923. The Kier molecular flexibility index (Phi) is 4.39. The van der Waals surface area contributed by atoms with Gasteiger partial charge in [0.15, 0.2) is 0 Å². The molecule has 2 nitrogen and oxygen atoms in total. The number of fused-ring (bicyclic) bond motifs is 1. The van der Waals surface area contributed by atoms with Crippen LogP contribution in [0.5, 0.6) is 0 Å². The molecule has 3 rings (SSSR count). The van der Waals surface area contributed by atoms with Crippen LogP contribution in [0.25, 0.3) is 27.9 Å². The molecular weight excluding hydrogens is 260 g/mol. The van der Waals surface area contributed by atoms with Crippen LogP contribution in [0.2, 0.25) is 0 Å². The van der Waals surface area contributed by atoms with Crippen LogP contribution < -0.4 is 0 Å². The first kappa shape index (κ1) is 14.8.